The Balaban J connectivity index is 1.35. The molecule has 2 aliphatic heterocycles. The molecule has 0 radical (unpaired) electrons. The van der Waals surface area contributed by atoms with Crippen LogP contribution in [0.4, 0.5) is 0 Å². The van der Waals surface area contributed by atoms with Crippen LogP contribution in [0.25, 0.3) is 0 Å². The van der Waals surface area contributed by atoms with Crippen molar-refractivity contribution in [2.75, 3.05) is 40.4 Å². The third-order valence-electron chi connectivity index (χ3n) is 7.16. The average molecular weight is 510 g/mol. The molecule has 2 atom stereocenters. The largest absolute Gasteiger partial charge is 0.497 e. The molecular weight excluding hydrogens is 478 g/mol. The van der Waals surface area contributed by atoms with E-state index in [2.05, 4.69) is 11.8 Å². The number of rotatable bonds is 9. The molecule has 2 aromatic carbocycles. The van der Waals surface area contributed by atoms with Crippen molar-refractivity contribution in [3.63, 3.8) is 0 Å². The molecule has 0 spiro atoms. The van der Waals surface area contributed by atoms with Crippen molar-refractivity contribution >= 4 is 23.7 Å². The number of amides is 3. The van der Waals surface area contributed by atoms with Gasteiger partial charge in [-0.2, -0.15) is 0 Å². The Hall–Kier alpha value is -3.92. The van der Waals surface area contributed by atoms with Gasteiger partial charge in [-0.25, -0.2) is 4.79 Å². The number of piperazine rings is 1. The first kappa shape index (κ1) is 26.2. The van der Waals surface area contributed by atoms with E-state index in [9.17, 15) is 24.3 Å². The molecule has 0 saturated carbocycles. The van der Waals surface area contributed by atoms with Crippen LogP contribution in [0.15, 0.2) is 42.5 Å². The first-order valence-electron chi connectivity index (χ1n) is 12.2. The summed E-state index contributed by atoms with van der Waals surface area (Å²) in [6.45, 7) is 4.32. The first-order chi connectivity index (χ1) is 17.8. The summed E-state index contributed by atoms with van der Waals surface area (Å²) in [4.78, 5) is 55.1. The minimum Gasteiger partial charge on any atom is -0.497 e. The summed E-state index contributed by atoms with van der Waals surface area (Å²) in [5.74, 6) is -1.29. The number of carbonyl (C=O) groups excluding carboxylic acids is 3. The van der Waals surface area contributed by atoms with E-state index in [1.165, 1.54) is 12.1 Å². The Morgan fingerprint density at radius 1 is 0.946 bits per heavy atom. The lowest BCUT2D eigenvalue weighted by molar-refractivity contribution is -0.142. The summed E-state index contributed by atoms with van der Waals surface area (Å²) < 4.78 is 10.9. The number of ether oxygens (including phenoxy) is 2. The number of fused-ring (bicyclic) bond motifs is 1. The minimum atomic E-state index is -1.40. The van der Waals surface area contributed by atoms with E-state index >= 15 is 0 Å². The molecule has 0 bridgehead atoms. The second-order valence-electron chi connectivity index (χ2n) is 9.12. The highest BCUT2D eigenvalue weighted by Crippen LogP contribution is 2.33. The van der Waals surface area contributed by atoms with Gasteiger partial charge in [0.1, 0.15) is 17.5 Å². The molecule has 2 heterocycles. The van der Waals surface area contributed by atoms with Crippen molar-refractivity contribution in [1.29, 1.82) is 0 Å². The Morgan fingerprint density at radius 3 is 2.11 bits per heavy atom. The third-order valence-corrected chi connectivity index (χ3v) is 7.16. The van der Waals surface area contributed by atoms with Gasteiger partial charge in [0.05, 0.1) is 25.3 Å². The maximum atomic E-state index is 12.9. The van der Waals surface area contributed by atoms with E-state index in [-0.39, 0.29) is 35.9 Å². The molecular formula is C27H31N3O7. The number of imide groups is 1. The van der Waals surface area contributed by atoms with Crippen molar-refractivity contribution in [2.24, 2.45) is 0 Å². The Kier molecular flexibility index (Phi) is 7.77. The van der Waals surface area contributed by atoms with Crippen molar-refractivity contribution in [2.45, 2.75) is 31.8 Å². The molecule has 10 heteroatoms. The van der Waals surface area contributed by atoms with Crippen molar-refractivity contribution in [1.82, 2.24) is 14.7 Å². The van der Waals surface area contributed by atoms with Gasteiger partial charge in [-0.1, -0.05) is 12.1 Å². The van der Waals surface area contributed by atoms with E-state index in [4.69, 9.17) is 9.47 Å². The smallest absolute Gasteiger partial charge is 0.326 e. The normalized spacial score (nSPS) is 17.4. The van der Waals surface area contributed by atoms with Gasteiger partial charge in [-0.15, -0.1) is 0 Å². The van der Waals surface area contributed by atoms with Crippen LogP contribution in [0.5, 0.6) is 11.5 Å². The van der Waals surface area contributed by atoms with Crippen LogP contribution in [0.1, 0.15) is 52.1 Å². The molecule has 10 nitrogen and oxygen atoms in total. The number of benzene rings is 2. The van der Waals surface area contributed by atoms with E-state index in [0.717, 1.165) is 22.0 Å². The first-order valence-corrected chi connectivity index (χ1v) is 12.2. The fraction of sp³-hybridized carbons (Fsp3) is 0.407. The van der Waals surface area contributed by atoms with Gasteiger partial charge in [0.15, 0.2) is 0 Å². The van der Waals surface area contributed by atoms with Crippen LogP contribution >= 0.6 is 0 Å². The van der Waals surface area contributed by atoms with E-state index in [0.29, 0.717) is 26.2 Å². The summed E-state index contributed by atoms with van der Waals surface area (Å²) in [7, 11) is 3.24. The van der Waals surface area contributed by atoms with Gasteiger partial charge >= 0.3 is 5.97 Å². The van der Waals surface area contributed by atoms with Gasteiger partial charge in [-0.05, 0) is 43.7 Å². The number of carboxylic acid groups (broad SMARTS) is 1. The van der Waals surface area contributed by atoms with Crippen LogP contribution in [0, 0.1) is 0 Å². The quantitative estimate of drug-likeness (QED) is 0.513. The molecule has 4 rings (SSSR count). The highest BCUT2D eigenvalue weighted by Gasteiger charge is 2.43. The summed E-state index contributed by atoms with van der Waals surface area (Å²) in [6, 6.07) is 10.5. The molecule has 1 saturated heterocycles. The number of aliphatic carboxylic acids is 1. The molecule has 37 heavy (non-hydrogen) atoms. The molecule has 2 aromatic rings. The topological polar surface area (TPSA) is 117 Å². The highest BCUT2D eigenvalue weighted by atomic mass is 16.5. The van der Waals surface area contributed by atoms with Crippen LogP contribution in [-0.2, 0) is 9.59 Å². The Morgan fingerprint density at radius 2 is 1.57 bits per heavy atom. The van der Waals surface area contributed by atoms with E-state index in [1.807, 2.05) is 18.2 Å². The maximum Gasteiger partial charge on any atom is 0.326 e. The molecule has 1 unspecified atom stereocenters. The molecule has 0 aliphatic carbocycles. The number of nitrogens with zero attached hydrogens (tertiary/aromatic N) is 3. The zero-order chi connectivity index (χ0) is 26.7. The summed E-state index contributed by atoms with van der Waals surface area (Å²) in [5, 5.41) is 9.76. The monoisotopic (exact) mass is 509 g/mol. The Bertz CT molecular complexity index is 1170. The number of hydrogen-bond donors (Lipinski definition) is 1. The van der Waals surface area contributed by atoms with Crippen LogP contribution in [0.2, 0.25) is 0 Å². The molecule has 2 aliphatic rings. The lowest BCUT2D eigenvalue weighted by Gasteiger charge is -2.38. The standard InChI is InChI=1S/C27H31N3O7/c1-17(21-16-18(36-2)8-10-23(21)37-3)28-12-14-29(15-13-28)24(31)11-9-22(27(34)35)30-25(32)19-6-4-5-7-20(19)26(30)33/h4-8,10,16-17,22H,9,11-15H2,1-3H3,(H,34,35)/t17?,22-/m0/s1. The number of carbonyl (C=O) groups is 4. The lowest BCUT2D eigenvalue weighted by Crippen LogP contribution is -2.50. The number of carboxylic acids is 1. The fourth-order valence-electron chi connectivity index (χ4n) is 4.99. The number of hydrogen-bond acceptors (Lipinski definition) is 7. The van der Waals surface area contributed by atoms with Crippen molar-refractivity contribution < 1.29 is 33.8 Å². The second kappa shape index (κ2) is 11.0. The molecule has 0 aromatic heterocycles. The predicted octanol–water partition coefficient (Wildman–Crippen LogP) is 2.44. The third kappa shape index (κ3) is 5.15. The molecule has 1 N–H and O–H groups in total. The van der Waals surface area contributed by atoms with Crippen molar-refractivity contribution in [3.05, 3.63) is 59.2 Å². The van der Waals surface area contributed by atoms with Gasteiger partial charge in [0.2, 0.25) is 5.91 Å². The summed E-state index contributed by atoms with van der Waals surface area (Å²) >= 11 is 0. The zero-order valence-electron chi connectivity index (χ0n) is 21.2. The van der Waals surface area contributed by atoms with Crippen molar-refractivity contribution in [3.8, 4) is 11.5 Å². The van der Waals surface area contributed by atoms with Gasteiger partial charge < -0.3 is 19.5 Å². The molecule has 3 amide bonds. The van der Waals surface area contributed by atoms with E-state index < -0.39 is 23.8 Å². The highest BCUT2D eigenvalue weighted by molar-refractivity contribution is 6.22. The minimum absolute atomic E-state index is 0.0347. The summed E-state index contributed by atoms with van der Waals surface area (Å²) in [5.41, 5.74) is 1.36. The van der Waals surface area contributed by atoms with Gasteiger partial charge in [-0.3, -0.25) is 24.2 Å². The summed E-state index contributed by atoms with van der Waals surface area (Å²) in [6.07, 6.45) is -0.221. The van der Waals surface area contributed by atoms with E-state index in [1.54, 1.807) is 31.3 Å². The molecule has 196 valence electrons. The SMILES string of the molecule is COc1ccc(OC)c(C(C)N2CCN(C(=O)CC[C@@H](C(=O)O)N3C(=O)c4ccccc4C3=O)CC2)c1. The molecule has 1 fully saturated rings. The predicted molar refractivity (Wildman–Crippen MR) is 134 cm³/mol. The lowest BCUT2D eigenvalue weighted by atomic mass is 10.0. The fourth-order valence-corrected chi connectivity index (χ4v) is 4.99. The maximum absolute atomic E-state index is 12.9. The number of methoxy groups -OCH3 is 2. The van der Waals surface area contributed by atoms with Crippen LogP contribution < -0.4 is 9.47 Å². The average Bonchev–Trinajstić information content (AvgIpc) is 3.17. The van der Waals surface area contributed by atoms with Crippen LogP contribution in [-0.4, -0.2) is 89.9 Å². The van der Waals surface area contributed by atoms with Crippen LogP contribution in [0.3, 0.4) is 0 Å². The Labute approximate surface area is 215 Å². The zero-order valence-corrected chi connectivity index (χ0v) is 21.2. The van der Waals surface area contributed by atoms with Gasteiger partial charge in [0.25, 0.3) is 11.8 Å². The van der Waals surface area contributed by atoms with Gasteiger partial charge in [0, 0.05) is 44.2 Å². The second-order valence-corrected chi connectivity index (χ2v) is 9.12.